The minimum absolute atomic E-state index is 0.0700. The van der Waals surface area contributed by atoms with Gasteiger partial charge >= 0.3 is 0 Å². The summed E-state index contributed by atoms with van der Waals surface area (Å²) in [5.41, 5.74) is 8.07. The van der Waals surface area contributed by atoms with E-state index in [9.17, 15) is 13.7 Å². The van der Waals surface area contributed by atoms with Crippen LogP contribution in [0.5, 0.6) is 0 Å². The summed E-state index contributed by atoms with van der Waals surface area (Å²) < 4.78 is 26.3. The van der Waals surface area contributed by atoms with Crippen LogP contribution < -0.4 is 5.73 Å². The fourth-order valence-electron chi connectivity index (χ4n) is 3.48. The molecule has 0 amide bonds. The van der Waals surface area contributed by atoms with Gasteiger partial charge in [0.1, 0.15) is 16.7 Å². The maximum Gasteiger partial charge on any atom is 0.165 e. The monoisotopic (exact) mass is 421 g/mol. The van der Waals surface area contributed by atoms with E-state index in [0.29, 0.717) is 11.1 Å². The summed E-state index contributed by atoms with van der Waals surface area (Å²) in [5, 5.41) is 11.4. The lowest BCUT2D eigenvalue weighted by molar-refractivity contribution is 0.561. The molecule has 2 N–H and O–H groups in total. The second-order valence-electron chi connectivity index (χ2n) is 7.56. The first-order valence-corrected chi connectivity index (χ1v) is 11.5. The molecule has 3 aromatic rings. The van der Waals surface area contributed by atoms with Crippen LogP contribution in [0.1, 0.15) is 43.5 Å². The Labute approximate surface area is 173 Å². The van der Waals surface area contributed by atoms with Gasteiger partial charge in [0.05, 0.1) is 17.4 Å². The maximum atomic E-state index is 12.7. The van der Waals surface area contributed by atoms with Crippen LogP contribution in [-0.2, 0) is 9.84 Å². The van der Waals surface area contributed by atoms with Gasteiger partial charge in [0, 0.05) is 25.7 Å². The number of rotatable bonds is 1. The van der Waals surface area contributed by atoms with E-state index in [2.05, 4.69) is 22.9 Å². The SMILES string of the molecule is CC#Cc1cc2c(cc1C#N)sc1ccc(C3CS(=O)(=O)C(C)(C)C(N)=N3)cc12. The van der Waals surface area contributed by atoms with Gasteiger partial charge in [-0.3, -0.25) is 4.99 Å². The zero-order chi connectivity index (χ0) is 21.0. The summed E-state index contributed by atoms with van der Waals surface area (Å²) in [6.45, 7) is 4.93. The summed E-state index contributed by atoms with van der Waals surface area (Å²) in [4.78, 5) is 4.50. The van der Waals surface area contributed by atoms with Gasteiger partial charge in [0.15, 0.2) is 9.84 Å². The molecule has 2 heterocycles. The Kier molecular flexibility index (Phi) is 4.42. The van der Waals surface area contributed by atoms with Crippen LogP contribution in [0.4, 0.5) is 0 Å². The highest BCUT2D eigenvalue weighted by Crippen LogP contribution is 2.39. The van der Waals surface area contributed by atoms with Crippen molar-refractivity contribution in [1.82, 2.24) is 0 Å². The normalized spacial score (nSPS) is 19.9. The number of thiophene rings is 1. The van der Waals surface area contributed by atoms with Crippen molar-refractivity contribution in [2.75, 3.05) is 5.75 Å². The number of hydrogen-bond acceptors (Lipinski definition) is 6. The summed E-state index contributed by atoms with van der Waals surface area (Å²) in [6, 6.07) is 11.3. The van der Waals surface area contributed by atoms with Crippen LogP contribution in [0, 0.1) is 23.2 Å². The average Bonchev–Trinajstić information content (AvgIpc) is 3.02. The van der Waals surface area contributed by atoms with Gasteiger partial charge in [-0.2, -0.15) is 5.26 Å². The van der Waals surface area contributed by atoms with Gasteiger partial charge < -0.3 is 5.73 Å². The summed E-state index contributed by atoms with van der Waals surface area (Å²) in [5.74, 6) is 5.92. The van der Waals surface area contributed by atoms with Crippen LogP contribution in [-0.4, -0.2) is 24.8 Å². The van der Waals surface area contributed by atoms with Crippen LogP contribution in [0.15, 0.2) is 35.3 Å². The van der Waals surface area contributed by atoms with Crippen LogP contribution >= 0.6 is 11.3 Å². The molecule has 1 atom stereocenters. The zero-order valence-corrected chi connectivity index (χ0v) is 17.9. The Hall–Kier alpha value is -2.87. The minimum Gasteiger partial charge on any atom is -0.386 e. The molecule has 0 spiro atoms. The Morgan fingerprint density at radius 2 is 1.90 bits per heavy atom. The molecular formula is C22H19N3O2S2. The molecule has 5 nitrogen and oxygen atoms in total. The molecular weight excluding hydrogens is 402 g/mol. The number of amidine groups is 1. The second kappa shape index (κ2) is 6.59. The van der Waals surface area contributed by atoms with Gasteiger partial charge in [-0.15, -0.1) is 17.3 Å². The molecule has 0 saturated heterocycles. The van der Waals surface area contributed by atoms with E-state index < -0.39 is 20.6 Å². The highest BCUT2D eigenvalue weighted by molar-refractivity contribution is 7.93. The third kappa shape index (κ3) is 2.98. The first-order chi connectivity index (χ1) is 13.7. The zero-order valence-electron chi connectivity index (χ0n) is 16.3. The quantitative estimate of drug-likeness (QED) is 0.603. The van der Waals surface area contributed by atoms with E-state index in [1.165, 1.54) is 0 Å². The first kappa shape index (κ1) is 19.4. The molecule has 7 heteroatoms. The molecule has 4 rings (SSSR count). The molecule has 0 saturated carbocycles. The lowest BCUT2D eigenvalue weighted by Gasteiger charge is -2.31. The Morgan fingerprint density at radius 1 is 1.17 bits per heavy atom. The van der Waals surface area contributed by atoms with Gasteiger partial charge in [0.25, 0.3) is 0 Å². The third-order valence-electron chi connectivity index (χ3n) is 5.46. The molecule has 0 bridgehead atoms. The van der Waals surface area contributed by atoms with Crippen molar-refractivity contribution < 1.29 is 8.42 Å². The smallest absolute Gasteiger partial charge is 0.165 e. The van der Waals surface area contributed by atoms with Gasteiger partial charge in [-0.05, 0) is 50.6 Å². The van der Waals surface area contributed by atoms with E-state index in [1.807, 2.05) is 30.3 Å². The molecule has 0 fully saturated rings. The largest absolute Gasteiger partial charge is 0.386 e. The molecule has 0 radical (unpaired) electrons. The van der Waals surface area contributed by atoms with Crippen LogP contribution in [0.3, 0.4) is 0 Å². The average molecular weight is 422 g/mol. The van der Waals surface area contributed by atoms with E-state index in [1.54, 1.807) is 32.1 Å². The topological polar surface area (TPSA) is 96.3 Å². The number of sulfone groups is 1. The van der Waals surface area contributed by atoms with Crippen molar-refractivity contribution in [1.29, 1.82) is 5.26 Å². The van der Waals surface area contributed by atoms with Gasteiger partial charge in [-0.25, -0.2) is 8.42 Å². The van der Waals surface area contributed by atoms with Crippen molar-refractivity contribution >= 4 is 47.2 Å². The van der Waals surface area contributed by atoms with Crippen molar-refractivity contribution in [3.63, 3.8) is 0 Å². The number of benzene rings is 2. The molecule has 146 valence electrons. The Morgan fingerprint density at radius 3 is 2.55 bits per heavy atom. The molecule has 1 aliphatic rings. The predicted octanol–water partition coefficient (Wildman–Crippen LogP) is 3.90. The summed E-state index contributed by atoms with van der Waals surface area (Å²) >= 11 is 1.60. The van der Waals surface area contributed by atoms with Crippen molar-refractivity contribution in [3.05, 3.63) is 47.0 Å². The van der Waals surface area contributed by atoms with Crippen molar-refractivity contribution in [3.8, 4) is 17.9 Å². The van der Waals surface area contributed by atoms with Crippen molar-refractivity contribution in [2.24, 2.45) is 10.7 Å². The molecule has 1 aromatic heterocycles. The molecule has 1 aliphatic heterocycles. The van der Waals surface area contributed by atoms with E-state index in [0.717, 1.165) is 25.7 Å². The number of hydrogen-bond donors (Lipinski definition) is 1. The Balaban J connectivity index is 1.91. The second-order valence-corrected chi connectivity index (χ2v) is 11.2. The Bertz CT molecular complexity index is 1410. The molecule has 0 aliphatic carbocycles. The fourth-order valence-corrected chi connectivity index (χ4v) is 6.06. The highest BCUT2D eigenvalue weighted by Gasteiger charge is 2.43. The van der Waals surface area contributed by atoms with Gasteiger partial charge in [0.2, 0.25) is 0 Å². The highest BCUT2D eigenvalue weighted by atomic mass is 32.2. The number of nitriles is 1. The first-order valence-electron chi connectivity index (χ1n) is 9.07. The lowest BCUT2D eigenvalue weighted by Crippen LogP contribution is -2.50. The number of aliphatic imine (C=N–C) groups is 1. The van der Waals surface area contributed by atoms with E-state index in [4.69, 9.17) is 5.73 Å². The molecule has 1 unspecified atom stereocenters. The molecule has 2 aromatic carbocycles. The summed E-state index contributed by atoms with van der Waals surface area (Å²) in [6.07, 6.45) is 0. The molecule has 29 heavy (non-hydrogen) atoms. The number of fused-ring (bicyclic) bond motifs is 3. The third-order valence-corrected chi connectivity index (χ3v) is 9.12. The maximum absolute atomic E-state index is 12.7. The van der Waals surface area contributed by atoms with Crippen LogP contribution in [0.2, 0.25) is 0 Å². The van der Waals surface area contributed by atoms with E-state index >= 15 is 0 Å². The lowest BCUT2D eigenvalue weighted by atomic mass is 10.0. The van der Waals surface area contributed by atoms with E-state index in [-0.39, 0.29) is 11.6 Å². The number of nitrogens with zero attached hydrogens (tertiary/aromatic N) is 2. The van der Waals surface area contributed by atoms with Crippen LogP contribution in [0.25, 0.3) is 20.2 Å². The van der Waals surface area contributed by atoms with Gasteiger partial charge in [-0.1, -0.05) is 12.0 Å². The van der Waals surface area contributed by atoms with Crippen molar-refractivity contribution in [2.45, 2.75) is 31.6 Å². The number of nitrogens with two attached hydrogens (primary N) is 1. The minimum atomic E-state index is -3.42. The fraction of sp³-hybridized carbons (Fsp3) is 0.273. The standard InChI is InChI=1S/C22H19N3O2S2/c1-4-5-13-8-17-16-9-14(6-7-19(16)28-20(17)10-15(13)11-23)18-12-29(26,27)22(2,3)21(24)25-18/h6-10,18H,12H2,1-3H3,(H2,24,25). The summed E-state index contributed by atoms with van der Waals surface area (Å²) in [7, 11) is -3.42. The predicted molar refractivity (Wildman–Crippen MR) is 119 cm³/mol.